The first-order valence-electron chi connectivity index (χ1n) is 10.4. The van der Waals surface area contributed by atoms with E-state index in [1.54, 1.807) is 7.11 Å². The number of piperazine rings is 1. The van der Waals surface area contributed by atoms with Crippen LogP contribution in [0.15, 0.2) is 12.3 Å². The molecule has 0 saturated carbocycles. The first-order chi connectivity index (χ1) is 13.0. The van der Waals surface area contributed by atoms with Crippen LogP contribution in [0.2, 0.25) is 0 Å². The van der Waals surface area contributed by atoms with E-state index in [1.807, 2.05) is 6.20 Å². The molecule has 0 bridgehead atoms. The number of pyridine rings is 1. The zero-order valence-corrected chi connectivity index (χ0v) is 18.8. The van der Waals surface area contributed by atoms with Gasteiger partial charge >= 0.3 is 7.12 Å². The highest BCUT2D eigenvalue weighted by atomic mass is 16.7. The van der Waals surface area contributed by atoms with Crippen molar-refractivity contribution in [2.45, 2.75) is 71.6 Å². The highest BCUT2D eigenvalue weighted by molar-refractivity contribution is 6.62. The van der Waals surface area contributed by atoms with Crippen LogP contribution in [0.1, 0.15) is 54.9 Å². The highest BCUT2D eigenvalue weighted by Gasteiger charge is 2.53. The lowest BCUT2D eigenvalue weighted by Gasteiger charge is -2.43. The molecule has 0 spiro atoms. The van der Waals surface area contributed by atoms with E-state index in [0.717, 1.165) is 43.8 Å². The molecule has 1 atom stereocenters. The zero-order chi connectivity index (χ0) is 20.7. The highest BCUT2D eigenvalue weighted by Crippen LogP contribution is 2.39. The Bertz CT molecular complexity index is 699. The summed E-state index contributed by atoms with van der Waals surface area (Å²) in [6.07, 6.45) is 2.71. The molecule has 0 aliphatic carbocycles. The molecule has 6 nitrogen and oxygen atoms in total. The minimum atomic E-state index is -0.409. The summed E-state index contributed by atoms with van der Waals surface area (Å²) >= 11 is 0. The minimum Gasteiger partial charge on any atom is -0.480 e. The molecule has 0 radical (unpaired) electrons. The fourth-order valence-corrected chi connectivity index (χ4v) is 4.03. The van der Waals surface area contributed by atoms with Crippen LogP contribution in [0.4, 0.5) is 5.69 Å². The molecule has 1 aromatic rings. The number of aromatic nitrogens is 1. The van der Waals surface area contributed by atoms with Crippen molar-refractivity contribution >= 4 is 18.3 Å². The van der Waals surface area contributed by atoms with Crippen molar-refractivity contribution in [1.29, 1.82) is 0 Å². The monoisotopic (exact) mass is 389 g/mol. The molecular formula is C21H36BN3O3. The largest absolute Gasteiger partial charge is 0.496 e. The average molecular weight is 389 g/mol. The van der Waals surface area contributed by atoms with Crippen LogP contribution < -0.4 is 15.1 Å². The van der Waals surface area contributed by atoms with Gasteiger partial charge in [0, 0.05) is 43.4 Å². The Labute approximate surface area is 170 Å². The molecule has 1 unspecified atom stereocenters. The van der Waals surface area contributed by atoms with Gasteiger partial charge in [0.15, 0.2) is 0 Å². The van der Waals surface area contributed by atoms with Gasteiger partial charge in [-0.3, -0.25) is 4.90 Å². The van der Waals surface area contributed by atoms with E-state index < -0.39 is 7.12 Å². The third-order valence-corrected chi connectivity index (χ3v) is 6.60. The van der Waals surface area contributed by atoms with Crippen LogP contribution >= 0.6 is 0 Å². The van der Waals surface area contributed by atoms with Gasteiger partial charge in [-0.05, 0) is 54.0 Å². The van der Waals surface area contributed by atoms with Crippen molar-refractivity contribution in [2.24, 2.45) is 0 Å². The van der Waals surface area contributed by atoms with Crippen LogP contribution in [0.25, 0.3) is 0 Å². The van der Waals surface area contributed by atoms with E-state index in [2.05, 4.69) is 69.3 Å². The van der Waals surface area contributed by atoms with Crippen LogP contribution in [-0.2, 0) is 9.31 Å². The molecule has 0 amide bonds. The number of hydrogen-bond donors (Lipinski definition) is 0. The predicted molar refractivity (Wildman–Crippen MR) is 115 cm³/mol. The smallest absolute Gasteiger partial charge is 0.480 e. The van der Waals surface area contributed by atoms with Crippen LogP contribution in [0.3, 0.4) is 0 Å². The van der Waals surface area contributed by atoms with Crippen molar-refractivity contribution in [1.82, 2.24) is 9.88 Å². The SMILES string of the molecule is CCC1(C)OB(c2cnc(OC)c(N3CCN(C(C)(C)C)CC3)c2)OC1(C)C. The minimum absolute atomic E-state index is 0.192. The molecule has 2 saturated heterocycles. The summed E-state index contributed by atoms with van der Waals surface area (Å²) in [6, 6.07) is 2.13. The van der Waals surface area contributed by atoms with Gasteiger partial charge in [0.1, 0.15) is 0 Å². The third kappa shape index (κ3) is 3.89. The lowest BCUT2D eigenvalue weighted by Crippen LogP contribution is -2.53. The van der Waals surface area contributed by atoms with E-state index in [1.165, 1.54) is 0 Å². The van der Waals surface area contributed by atoms with Crippen molar-refractivity contribution in [2.75, 3.05) is 38.2 Å². The Morgan fingerprint density at radius 3 is 2.29 bits per heavy atom. The molecule has 2 aliphatic rings. The van der Waals surface area contributed by atoms with Crippen LogP contribution in [0, 0.1) is 0 Å². The van der Waals surface area contributed by atoms with Gasteiger partial charge in [-0.2, -0.15) is 0 Å². The lowest BCUT2D eigenvalue weighted by molar-refractivity contribution is -0.0118. The summed E-state index contributed by atoms with van der Waals surface area (Å²) in [5, 5.41) is 0. The second-order valence-corrected chi connectivity index (χ2v) is 9.60. The van der Waals surface area contributed by atoms with E-state index >= 15 is 0 Å². The summed E-state index contributed by atoms with van der Waals surface area (Å²) in [7, 11) is 1.27. The Balaban J connectivity index is 1.82. The van der Waals surface area contributed by atoms with E-state index in [4.69, 9.17) is 14.0 Å². The van der Waals surface area contributed by atoms with Gasteiger partial charge in [0.2, 0.25) is 5.88 Å². The van der Waals surface area contributed by atoms with Gasteiger partial charge in [-0.25, -0.2) is 4.98 Å². The summed E-state index contributed by atoms with van der Waals surface area (Å²) in [6.45, 7) is 19.2. The summed E-state index contributed by atoms with van der Waals surface area (Å²) in [5.74, 6) is 0.656. The molecule has 0 N–H and O–H groups in total. The maximum absolute atomic E-state index is 6.35. The first-order valence-corrected chi connectivity index (χ1v) is 10.4. The average Bonchev–Trinajstić information content (AvgIpc) is 2.90. The lowest BCUT2D eigenvalue weighted by atomic mass is 9.80. The molecular weight excluding hydrogens is 353 g/mol. The predicted octanol–water partition coefficient (Wildman–Crippen LogP) is 2.70. The van der Waals surface area contributed by atoms with Gasteiger partial charge < -0.3 is 18.9 Å². The van der Waals surface area contributed by atoms with Gasteiger partial charge in [0.25, 0.3) is 0 Å². The van der Waals surface area contributed by atoms with Crippen molar-refractivity contribution < 1.29 is 14.0 Å². The number of rotatable bonds is 4. The van der Waals surface area contributed by atoms with E-state index in [0.29, 0.717) is 5.88 Å². The Kier molecular flexibility index (Phi) is 5.74. The number of nitrogens with zero attached hydrogens (tertiary/aromatic N) is 3. The fraction of sp³-hybridized carbons (Fsp3) is 0.762. The summed E-state index contributed by atoms with van der Waals surface area (Å²) < 4.78 is 18.2. The standard InChI is InChI=1S/C21H36BN3O3/c1-9-21(7)20(5,6)27-22(28-21)16-14-17(18(26-8)23-15-16)24-10-12-25(13-11-24)19(2,3)4/h14-15H,9-13H2,1-8H3. The number of hydrogen-bond acceptors (Lipinski definition) is 6. The second-order valence-electron chi connectivity index (χ2n) is 9.60. The normalized spacial score (nSPS) is 26.0. The molecule has 156 valence electrons. The van der Waals surface area contributed by atoms with Crippen LogP contribution in [0.5, 0.6) is 5.88 Å². The molecule has 1 aromatic heterocycles. The summed E-state index contributed by atoms with van der Waals surface area (Å²) in [5.41, 5.74) is 1.47. The van der Waals surface area contributed by atoms with Gasteiger partial charge in [0.05, 0.1) is 24.0 Å². The van der Waals surface area contributed by atoms with Crippen LogP contribution in [-0.4, -0.2) is 67.0 Å². The quantitative estimate of drug-likeness (QED) is 0.738. The molecule has 7 heteroatoms. The molecule has 3 heterocycles. The molecule has 2 fully saturated rings. The fourth-order valence-electron chi connectivity index (χ4n) is 4.03. The Hall–Kier alpha value is -1.31. The number of ether oxygens (including phenoxy) is 1. The Morgan fingerprint density at radius 2 is 1.79 bits per heavy atom. The third-order valence-electron chi connectivity index (χ3n) is 6.60. The topological polar surface area (TPSA) is 47.1 Å². The molecule has 0 aromatic carbocycles. The molecule has 28 heavy (non-hydrogen) atoms. The van der Waals surface area contributed by atoms with E-state index in [9.17, 15) is 0 Å². The van der Waals surface area contributed by atoms with E-state index in [-0.39, 0.29) is 16.7 Å². The first kappa shape index (κ1) is 21.4. The van der Waals surface area contributed by atoms with Gasteiger partial charge in [-0.1, -0.05) is 6.92 Å². The molecule has 2 aliphatic heterocycles. The number of anilines is 1. The molecule has 3 rings (SSSR count). The number of methoxy groups -OCH3 is 1. The second kappa shape index (κ2) is 7.50. The summed E-state index contributed by atoms with van der Waals surface area (Å²) in [4.78, 5) is 9.45. The maximum Gasteiger partial charge on any atom is 0.496 e. The zero-order valence-electron chi connectivity index (χ0n) is 18.8. The Morgan fingerprint density at radius 1 is 1.14 bits per heavy atom. The van der Waals surface area contributed by atoms with Crippen molar-refractivity contribution in [3.05, 3.63) is 12.3 Å². The maximum atomic E-state index is 6.35. The van der Waals surface area contributed by atoms with Crippen molar-refractivity contribution in [3.8, 4) is 5.88 Å². The van der Waals surface area contributed by atoms with Crippen molar-refractivity contribution in [3.63, 3.8) is 0 Å². The van der Waals surface area contributed by atoms with Gasteiger partial charge in [-0.15, -0.1) is 0 Å².